The molecule has 0 spiro atoms. The van der Waals surface area contributed by atoms with E-state index in [9.17, 15) is 13.2 Å². The van der Waals surface area contributed by atoms with Gasteiger partial charge in [-0.25, -0.2) is 13.1 Å². The molecule has 0 bridgehead atoms. The molecule has 0 heterocycles. The zero-order valence-electron chi connectivity index (χ0n) is 11.2. The summed E-state index contributed by atoms with van der Waals surface area (Å²) < 4.78 is 26.6. The Kier molecular flexibility index (Phi) is 4.29. The molecule has 1 fully saturated rings. The van der Waals surface area contributed by atoms with E-state index in [1.807, 2.05) is 0 Å². The maximum absolute atomic E-state index is 12.0. The van der Waals surface area contributed by atoms with Crippen LogP contribution in [0.15, 0.2) is 29.2 Å². The van der Waals surface area contributed by atoms with Crippen LogP contribution in [0.25, 0.3) is 0 Å². The van der Waals surface area contributed by atoms with Gasteiger partial charge in [0.1, 0.15) is 0 Å². The number of sulfonamides is 1. The van der Waals surface area contributed by atoms with Crippen molar-refractivity contribution < 1.29 is 18.3 Å². The zero-order chi connectivity index (χ0) is 14.8. The molecule has 6 nitrogen and oxygen atoms in total. The van der Waals surface area contributed by atoms with Crippen LogP contribution in [0.4, 0.5) is 5.69 Å². The Labute approximate surface area is 118 Å². The predicted octanol–water partition coefficient (Wildman–Crippen LogP) is 1.04. The van der Waals surface area contributed by atoms with Crippen molar-refractivity contribution in [3.8, 4) is 0 Å². The molecule has 2 N–H and O–H groups in total. The lowest BCUT2D eigenvalue weighted by Crippen LogP contribution is -2.26. The summed E-state index contributed by atoms with van der Waals surface area (Å²) in [7, 11) is -1.66. The molecule has 0 radical (unpaired) electrons. The minimum Gasteiger partial charge on any atom is -0.481 e. The second-order valence-electron chi connectivity index (χ2n) is 4.95. The van der Waals surface area contributed by atoms with Gasteiger partial charge in [-0.1, -0.05) is 0 Å². The molecule has 0 aromatic heterocycles. The third kappa shape index (κ3) is 3.94. The van der Waals surface area contributed by atoms with E-state index in [-0.39, 0.29) is 17.4 Å². The first kappa shape index (κ1) is 14.8. The van der Waals surface area contributed by atoms with Gasteiger partial charge in [-0.3, -0.25) is 4.79 Å². The van der Waals surface area contributed by atoms with Crippen LogP contribution in [0.3, 0.4) is 0 Å². The Morgan fingerprint density at radius 1 is 1.35 bits per heavy atom. The molecule has 0 saturated heterocycles. The Bertz CT molecular complexity index is 579. The van der Waals surface area contributed by atoms with Crippen LogP contribution in [0.5, 0.6) is 0 Å². The van der Waals surface area contributed by atoms with Gasteiger partial charge in [0.25, 0.3) is 0 Å². The molecule has 0 unspecified atom stereocenters. The largest absolute Gasteiger partial charge is 0.481 e. The summed E-state index contributed by atoms with van der Waals surface area (Å²) in [6.45, 7) is 0.377. The van der Waals surface area contributed by atoms with Crippen LogP contribution in [-0.4, -0.2) is 39.1 Å². The SMILES string of the molecule is CN(CCC(=O)O)c1ccc(S(=O)(=O)NC2CC2)cc1. The number of hydrogen-bond donors (Lipinski definition) is 2. The van der Waals surface area contributed by atoms with E-state index in [1.54, 1.807) is 24.1 Å². The number of carboxylic acids is 1. The number of benzene rings is 1. The standard InChI is InChI=1S/C13H18N2O4S/c1-15(9-8-13(16)17)11-4-6-12(7-5-11)20(18,19)14-10-2-3-10/h4-7,10,14H,2-3,8-9H2,1H3,(H,16,17). The van der Waals surface area contributed by atoms with Crippen LogP contribution in [0.1, 0.15) is 19.3 Å². The second kappa shape index (κ2) is 5.80. The molecule has 20 heavy (non-hydrogen) atoms. The summed E-state index contributed by atoms with van der Waals surface area (Å²) in [4.78, 5) is 12.5. The number of rotatable bonds is 7. The zero-order valence-corrected chi connectivity index (χ0v) is 12.1. The van der Waals surface area contributed by atoms with Crippen molar-refractivity contribution in [1.82, 2.24) is 4.72 Å². The van der Waals surface area contributed by atoms with E-state index in [1.165, 1.54) is 12.1 Å². The minimum absolute atomic E-state index is 0.0415. The Morgan fingerprint density at radius 2 is 1.95 bits per heavy atom. The van der Waals surface area contributed by atoms with E-state index >= 15 is 0 Å². The van der Waals surface area contributed by atoms with Crippen molar-refractivity contribution in [1.29, 1.82) is 0 Å². The highest BCUT2D eigenvalue weighted by Crippen LogP contribution is 2.23. The average Bonchev–Trinajstić information content (AvgIpc) is 3.19. The number of anilines is 1. The lowest BCUT2D eigenvalue weighted by atomic mass is 10.3. The summed E-state index contributed by atoms with van der Waals surface area (Å²) in [5.74, 6) is -0.857. The molecular weight excluding hydrogens is 280 g/mol. The van der Waals surface area contributed by atoms with Gasteiger partial charge in [0.2, 0.25) is 10.0 Å². The van der Waals surface area contributed by atoms with Gasteiger partial charge < -0.3 is 10.0 Å². The van der Waals surface area contributed by atoms with Crippen molar-refractivity contribution in [3.05, 3.63) is 24.3 Å². The molecule has 0 atom stereocenters. The highest BCUT2D eigenvalue weighted by Gasteiger charge is 2.27. The van der Waals surface area contributed by atoms with Gasteiger partial charge in [-0.05, 0) is 37.1 Å². The molecule has 1 aromatic rings. The molecule has 110 valence electrons. The Morgan fingerprint density at radius 3 is 2.45 bits per heavy atom. The fraction of sp³-hybridized carbons (Fsp3) is 0.462. The monoisotopic (exact) mass is 298 g/mol. The van der Waals surface area contributed by atoms with Crippen LogP contribution < -0.4 is 9.62 Å². The third-order valence-electron chi connectivity index (χ3n) is 3.15. The number of carbonyl (C=O) groups is 1. The van der Waals surface area contributed by atoms with Crippen LogP contribution in [-0.2, 0) is 14.8 Å². The summed E-state index contributed by atoms with van der Waals surface area (Å²) >= 11 is 0. The summed E-state index contributed by atoms with van der Waals surface area (Å²) in [5.41, 5.74) is 0.789. The van der Waals surface area contributed by atoms with Crippen LogP contribution in [0, 0.1) is 0 Å². The topological polar surface area (TPSA) is 86.7 Å². The fourth-order valence-electron chi connectivity index (χ4n) is 1.76. The first-order valence-corrected chi connectivity index (χ1v) is 7.92. The lowest BCUT2D eigenvalue weighted by molar-refractivity contribution is -0.136. The quantitative estimate of drug-likeness (QED) is 0.785. The van der Waals surface area contributed by atoms with E-state index in [0.717, 1.165) is 18.5 Å². The Balaban J connectivity index is 2.03. The van der Waals surface area contributed by atoms with Crippen LogP contribution in [0.2, 0.25) is 0 Å². The van der Waals surface area contributed by atoms with Gasteiger partial charge in [0.15, 0.2) is 0 Å². The molecule has 0 aliphatic heterocycles. The molecule has 7 heteroatoms. The van der Waals surface area contributed by atoms with E-state index in [0.29, 0.717) is 6.54 Å². The molecule has 0 amide bonds. The predicted molar refractivity (Wildman–Crippen MR) is 75.3 cm³/mol. The number of hydrogen-bond acceptors (Lipinski definition) is 4. The first-order chi connectivity index (χ1) is 9.38. The maximum atomic E-state index is 12.0. The van der Waals surface area contributed by atoms with Crippen molar-refractivity contribution in [2.24, 2.45) is 0 Å². The van der Waals surface area contributed by atoms with Gasteiger partial charge in [0, 0.05) is 25.3 Å². The summed E-state index contributed by atoms with van der Waals surface area (Å²) in [6, 6.07) is 6.53. The molecule has 1 saturated carbocycles. The van der Waals surface area contributed by atoms with Crippen molar-refractivity contribution in [3.63, 3.8) is 0 Å². The van der Waals surface area contributed by atoms with Gasteiger partial charge in [-0.15, -0.1) is 0 Å². The highest BCUT2D eigenvalue weighted by atomic mass is 32.2. The van der Waals surface area contributed by atoms with E-state index in [4.69, 9.17) is 5.11 Å². The minimum atomic E-state index is -3.43. The number of nitrogens with zero attached hydrogens (tertiary/aromatic N) is 1. The first-order valence-electron chi connectivity index (χ1n) is 6.44. The second-order valence-corrected chi connectivity index (χ2v) is 6.67. The molecule has 1 aliphatic carbocycles. The van der Waals surface area contributed by atoms with Gasteiger partial charge in [0.05, 0.1) is 11.3 Å². The van der Waals surface area contributed by atoms with Crippen molar-refractivity contribution in [2.45, 2.75) is 30.2 Å². The number of aliphatic carboxylic acids is 1. The van der Waals surface area contributed by atoms with Crippen molar-refractivity contribution in [2.75, 3.05) is 18.5 Å². The normalized spacial score (nSPS) is 15.1. The van der Waals surface area contributed by atoms with Crippen molar-refractivity contribution >= 4 is 21.7 Å². The molecule has 1 aliphatic rings. The van der Waals surface area contributed by atoms with Crippen LogP contribution >= 0.6 is 0 Å². The molecule has 2 rings (SSSR count). The van der Waals surface area contributed by atoms with Gasteiger partial charge >= 0.3 is 5.97 Å². The number of carboxylic acid groups (broad SMARTS) is 1. The Hall–Kier alpha value is -1.60. The maximum Gasteiger partial charge on any atom is 0.305 e. The lowest BCUT2D eigenvalue weighted by Gasteiger charge is -2.18. The highest BCUT2D eigenvalue weighted by molar-refractivity contribution is 7.89. The summed E-state index contributed by atoms with van der Waals surface area (Å²) in [5, 5.41) is 8.64. The van der Waals surface area contributed by atoms with Gasteiger partial charge in [-0.2, -0.15) is 0 Å². The number of nitrogens with one attached hydrogen (secondary N) is 1. The van der Waals surface area contributed by atoms with E-state index < -0.39 is 16.0 Å². The average molecular weight is 298 g/mol. The molecule has 1 aromatic carbocycles. The van der Waals surface area contributed by atoms with E-state index in [2.05, 4.69) is 4.72 Å². The smallest absolute Gasteiger partial charge is 0.305 e. The third-order valence-corrected chi connectivity index (χ3v) is 4.68. The fourth-order valence-corrected chi connectivity index (χ4v) is 3.07. The summed E-state index contributed by atoms with van der Waals surface area (Å²) in [6.07, 6.45) is 1.84. The molecular formula is C13H18N2O4S.